The third-order valence-corrected chi connectivity index (χ3v) is 2.86. The second-order valence-corrected chi connectivity index (χ2v) is 4.46. The van der Waals surface area contributed by atoms with Crippen LogP contribution < -0.4 is 15.4 Å². The van der Waals surface area contributed by atoms with E-state index in [9.17, 15) is 14.4 Å². The average molecular weight is 352 g/mol. The number of hydrogen-bond donors (Lipinski definition) is 2. The van der Waals surface area contributed by atoms with Crippen molar-refractivity contribution in [3.8, 4) is 5.75 Å². The van der Waals surface area contributed by atoms with Crippen LogP contribution in [0.3, 0.4) is 0 Å². The first kappa shape index (κ1) is 19.8. The highest BCUT2D eigenvalue weighted by atomic mass is 16.5. The highest BCUT2D eigenvalue weighted by molar-refractivity contribution is 5.99. The van der Waals surface area contributed by atoms with Gasteiger partial charge in [-0.3, -0.25) is 5.32 Å². The monoisotopic (exact) mass is 352 g/mol. The summed E-state index contributed by atoms with van der Waals surface area (Å²) in [5.41, 5.74) is 0.678. The molecule has 2 N–H and O–H groups in total. The van der Waals surface area contributed by atoms with E-state index in [1.165, 1.54) is 27.4 Å². The van der Waals surface area contributed by atoms with Gasteiger partial charge < -0.3 is 24.3 Å². The molecule has 0 bridgehead atoms. The number of carbonyl (C=O) groups is 3. The van der Waals surface area contributed by atoms with Crippen molar-refractivity contribution in [1.82, 2.24) is 0 Å². The number of anilines is 2. The standard InChI is InChI=1S/C16H20N2O7/c1-5-25-16(21)18-11-7-6-10(8-13(11)22-2)17-12(15(20)24-4)9-14(19)23-3/h6-9,17H,5H2,1-4H3,(H,18,21)/b12-9+. The minimum atomic E-state index is -0.752. The van der Waals surface area contributed by atoms with E-state index in [-0.39, 0.29) is 12.3 Å². The lowest BCUT2D eigenvalue weighted by Gasteiger charge is -2.13. The second-order valence-electron chi connectivity index (χ2n) is 4.46. The fourth-order valence-electron chi connectivity index (χ4n) is 1.74. The number of amides is 1. The molecular formula is C16H20N2O7. The summed E-state index contributed by atoms with van der Waals surface area (Å²) < 4.78 is 19.1. The second kappa shape index (κ2) is 9.81. The highest BCUT2D eigenvalue weighted by Gasteiger charge is 2.15. The van der Waals surface area contributed by atoms with Crippen LogP contribution in [-0.2, 0) is 23.8 Å². The zero-order valence-electron chi connectivity index (χ0n) is 14.4. The summed E-state index contributed by atoms with van der Waals surface area (Å²) in [5.74, 6) is -1.15. The van der Waals surface area contributed by atoms with Gasteiger partial charge in [0.05, 0.1) is 39.7 Å². The van der Waals surface area contributed by atoms with Gasteiger partial charge in [-0.2, -0.15) is 0 Å². The summed E-state index contributed by atoms with van der Waals surface area (Å²) in [5, 5.41) is 5.26. The Hall–Kier alpha value is -3.23. The third-order valence-electron chi connectivity index (χ3n) is 2.86. The zero-order chi connectivity index (χ0) is 18.8. The van der Waals surface area contributed by atoms with Gasteiger partial charge in [-0.1, -0.05) is 0 Å². The van der Waals surface area contributed by atoms with Gasteiger partial charge in [0.2, 0.25) is 0 Å². The Morgan fingerprint density at radius 2 is 1.80 bits per heavy atom. The maximum absolute atomic E-state index is 11.7. The minimum Gasteiger partial charge on any atom is -0.494 e. The van der Waals surface area contributed by atoms with Crippen molar-refractivity contribution < 1.29 is 33.3 Å². The molecular weight excluding hydrogens is 332 g/mol. The molecule has 0 unspecified atom stereocenters. The molecule has 0 spiro atoms. The Labute approximate surface area is 144 Å². The molecule has 0 radical (unpaired) electrons. The van der Waals surface area contributed by atoms with Gasteiger partial charge in [-0.15, -0.1) is 0 Å². The molecule has 0 aromatic heterocycles. The van der Waals surface area contributed by atoms with Crippen molar-refractivity contribution in [1.29, 1.82) is 0 Å². The number of carbonyl (C=O) groups excluding carboxylic acids is 3. The van der Waals surface area contributed by atoms with Crippen LogP contribution in [-0.4, -0.2) is 46.0 Å². The summed E-state index contributed by atoms with van der Waals surface area (Å²) in [7, 11) is 3.79. The summed E-state index contributed by atoms with van der Waals surface area (Å²) in [6.07, 6.45) is 0.339. The maximum atomic E-state index is 11.7. The molecule has 0 saturated heterocycles. The molecule has 1 aromatic carbocycles. The molecule has 0 aliphatic heterocycles. The summed E-state index contributed by atoms with van der Waals surface area (Å²) in [6.45, 7) is 1.92. The van der Waals surface area contributed by atoms with Crippen LogP contribution in [0.25, 0.3) is 0 Å². The predicted octanol–water partition coefficient (Wildman–Crippen LogP) is 1.91. The van der Waals surface area contributed by atoms with Crippen LogP contribution in [0.1, 0.15) is 6.92 Å². The molecule has 0 saturated carbocycles. The van der Waals surface area contributed by atoms with Crippen molar-refractivity contribution in [3.05, 3.63) is 30.0 Å². The Morgan fingerprint density at radius 1 is 1.08 bits per heavy atom. The molecule has 1 aromatic rings. The first-order chi connectivity index (χ1) is 11.9. The first-order valence-electron chi connectivity index (χ1n) is 7.21. The van der Waals surface area contributed by atoms with Gasteiger partial charge in [0.15, 0.2) is 0 Å². The van der Waals surface area contributed by atoms with Crippen LogP contribution in [0, 0.1) is 0 Å². The molecule has 1 rings (SSSR count). The number of benzene rings is 1. The molecule has 1 amide bonds. The largest absolute Gasteiger partial charge is 0.494 e. The topological polar surface area (TPSA) is 112 Å². The molecule has 0 atom stereocenters. The smallest absolute Gasteiger partial charge is 0.411 e. The normalized spacial score (nSPS) is 10.5. The lowest BCUT2D eigenvalue weighted by molar-refractivity contribution is -0.138. The SMILES string of the molecule is CCOC(=O)Nc1ccc(N/C(=C/C(=O)OC)C(=O)OC)cc1OC. The minimum absolute atomic E-state index is 0.123. The molecule has 25 heavy (non-hydrogen) atoms. The van der Waals surface area contributed by atoms with Crippen LogP contribution in [0.4, 0.5) is 16.2 Å². The van der Waals surface area contributed by atoms with Crippen molar-refractivity contribution in [2.75, 3.05) is 38.6 Å². The van der Waals surface area contributed by atoms with E-state index in [2.05, 4.69) is 20.1 Å². The van der Waals surface area contributed by atoms with Crippen LogP contribution in [0.5, 0.6) is 5.75 Å². The molecule has 136 valence electrons. The highest BCUT2D eigenvalue weighted by Crippen LogP contribution is 2.28. The first-order valence-corrected chi connectivity index (χ1v) is 7.21. The fourth-order valence-corrected chi connectivity index (χ4v) is 1.74. The number of methoxy groups -OCH3 is 3. The molecule has 0 aliphatic rings. The molecule has 9 nitrogen and oxygen atoms in total. The molecule has 0 aliphatic carbocycles. The number of nitrogens with one attached hydrogen (secondary N) is 2. The number of hydrogen-bond acceptors (Lipinski definition) is 8. The summed E-state index contributed by atoms with van der Waals surface area (Å²) >= 11 is 0. The van der Waals surface area contributed by atoms with Crippen molar-refractivity contribution in [2.24, 2.45) is 0 Å². The lowest BCUT2D eigenvalue weighted by Crippen LogP contribution is -2.16. The van der Waals surface area contributed by atoms with Gasteiger partial charge in [-0.05, 0) is 19.1 Å². The van der Waals surface area contributed by atoms with Crippen molar-refractivity contribution >= 4 is 29.4 Å². The van der Waals surface area contributed by atoms with Gasteiger partial charge in [0, 0.05) is 11.8 Å². The van der Waals surface area contributed by atoms with Gasteiger partial charge in [-0.25, -0.2) is 14.4 Å². The number of rotatable bonds is 7. The van der Waals surface area contributed by atoms with E-state index < -0.39 is 18.0 Å². The molecule has 9 heteroatoms. The van der Waals surface area contributed by atoms with E-state index in [4.69, 9.17) is 9.47 Å². The third kappa shape index (κ3) is 6.05. The Balaban J connectivity index is 3.04. The maximum Gasteiger partial charge on any atom is 0.411 e. The van der Waals surface area contributed by atoms with E-state index >= 15 is 0 Å². The number of esters is 2. The van der Waals surface area contributed by atoms with Gasteiger partial charge >= 0.3 is 18.0 Å². The number of ether oxygens (including phenoxy) is 4. The summed E-state index contributed by atoms with van der Waals surface area (Å²) in [4.78, 5) is 34.6. The van der Waals surface area contributed by atoms with Crippen molar-refractivity contribution in [2.45, 2.75) is 6.92 Å². The average Bonchev–Trinajstić information content (AvgIpc) is 2.61. The Bertz CT molecular complexity index is 670. The van der Waals surface area contributed by atoms with E-state index in [0.717, 1.165) is 6.08 Å². The van der Waals surface area contributed by atoms with Crippen molar-refractivity contribution in [3.63, 3.8) is 0 Å². The molecule has 0 heterocycles. The van der Waals surface area contributed by atoms with E-state index in [1.54, 1.807) is 19.1 Å². The van der Waals surface area contributed by atoms with Crippen LogP contribution in [0.2, 0.25) is 0 Å². The Morgan fingerprint density at radius 3 is 2.36 bits per heavy atom. The van der Waals surface area contributed by atoms with Gasteiger partial charge in [0.25, 0.3) is 0 Å². The molecule has 0 fully saturated rings. The fraction of sp³-hybridized carbons (Fsp3) is 0.312. The van der Waals surface area contributed by atoms with E-state index in [0.29, 0.717) is 17.1 Å². The predicted molar refractivity (Wildman–Crippen MR) is 89.4 cm³/mol. The van der Waals surface area contributed by atoms with Crippen LogP contribution in [0.15, 0.2) is 30.0 Å². The lowest BCUT2D eigenvalue weighted by atomic mass is 10.2. The quantitative estimate of drug-likeness (QED) is 0.435. The Kier molecular flexibility index (Phi) is 7.77. The van der Waals surface area contributed by atoms with Crippen LogP contribution >= 0.6 is 0 Å². The van der Waals surface area contributed by atoms with E-state index in [1.807, 2.05) is 0 Å². The van der Waals surface area contributed by atoms with Gasteiger partial charge in [0.1, 0.15) is 11.4 Å². The summed E-state index contributed by atoms with van der Waals surface area (Å²) in [6, 6.07) is 4.64. The zero-order valence-corrected chi connectivity index (χ0v) is 14.4.